The van der Waals surface area contributed by atoms with Gasteiger partial charge in [-0.1, -0.05) is 20.8 Å². The van der Waals surface area contributed by atoms with Gasteiger partial charge in [-0.05, 0) is 61.8 Å². The van der Waals surface area contributed by atoms with Gasteiger partial charge in [0, 0.05) is 29.2 Å². The molecular weight excluding hydrogens is 342 g/mol. The molecule has 0 radical (unpaired) electrons. The van der Waals surface area contributed by atoms with Crippen LogP contribution in [0.2, 0.25) is 0 Å². The maximum Gasteiger partial charge on any atom is 0.224 e. The van der Waals surface area contributed by atoms with Crippen LogP contribution < -0.4 is 10.2 Å². The quantitative estimate of drug-likeness (QED) is 0.763. The molecule has 26 heavy (non-hydrogen) atoms. The van der Waals surface area contributed by atoms with E-state index in [-0.39, 0.29) is 11.3 Å². The zero-order chi connectivity index (χ0) is 18.9. The lowest BCUT2D eigenvalue weighted by Crippen LogP contribution is -2.21. The van der Waals surface area contributed by atoms with Crippen LogP contribution in [0, 0.1) is 19.3 Å². The number of nitrogens with one attached hydrogen (secondary N) is 1. The van der Waals surface area contributed by atoms with Crippen LogP contribution in [0.25, 0.3) is 0 Å². The third-order valence-corrected chi connectivity index (χ3v) is 5.58. The van der Waals surface area contributed by atoms with Gasteiger partial charge in [-0.3, -0.25) is 4.79 Å². The van der Waals surface area contributed by atoms with Gasteiger partial charge in [0.2, 0.25) is 5.91 Å². The summed E-state index contributed by atoms with van der Waals surface area (Å²) in [7, 11) is 0. The van der Waals surface area contributed by atoms with Crippen LogP contribution in [0.15, 0.2) is 17.6 Å². The van der Waals surface area contributed by atoms with Gasteiger partial charge < -0.3 is 10.2 Å². The average Bonchev–Trinajstić information content (AvgIpc) is 2.88. The van der Waals surface area contributed by atoms with E-state index in [1.165, 1.54) is 23.4 Å². The van der Waals surface area contributed by atoms with Gasteiger partial charge in [-0.15, -0.1) is 11.3 Å². The Balaban J connectivity index is 1.87. The summed E-state index contributed by atoms with van der Waals surface area (Å²) in [5, 5.41) is 3.12. The van der Waals surface area contributed by atoms with E-state index in [2.05, 4.69) is 62.0 Å². The SMILES string of the molecule is Cc1cc(N2CCCCc3scnc32)cc(C)c1NC(=O)CC(C)(C)C. The predicted octanol–water partition coefficient (Wildman–Crippen LogP) is 5.61. The predicted molar refractivity (Wildman–Crippen MR) is 111 cm³/mol. The molecule has 0 spiro atoms. The fourth-order valence-electron chi connectivity index (χ4n) is 3.53. The van der Waals surface area contributed by atoms with E-state index in [1.54, 1.807) is 11.3 Å². The first-order valence-electron chi connectivity index (χ1n) is 9.35. The summed E-state index contributed by atoms with van der Waals surface area (Å²) in [4.78, 5) is 20.7. The maximum absolute atomic E-state index is 12.4. The number of nitrogens with zero attached hydrogens (tertiary/aromatic N) is 2. The Morgan fingerprint density at radius 3 is 2.58 bits per heavy atom. The van der Waals surface area contributed by atoms with Gasteiger partial charge in [0.25, 0.3) is 0 Å². The van der Waals surface area contributed by atoms with Crippen LogP contribution in [0.4, 0.5) is 17.2 Å². The smallest absolute Gasteiger partial charge is 0.224 e. The first-order chi connectivity index (χ1) is 12.2. The normalized spacial score (nSPS) is 14.7. The van der Waals surface area contributed by atoms with Crippen LogP contribution in [-0.4, -0.2) is 17.4 Å². The van der Waals surface area contributed by atoms with Crippen molar-refractivity contribution in [3.05, 3.63) is 33.6 Å². The molecule has 1 aromatic heterocycles. The largest absolute Gasteiger partial charge is 0.326 e. The fraction of sp³-hybridized carbons (Fsp3) is 0.524. The van der Waals surface area contributed by atoms with Crippen LogP contribution in [0.5, 0.6) is 0 Å². The number of hydrogen-bond donors (Lipinski definition) is 1. The van der Waals surface area contributed by atoms with Gasteiger partial charge in [0.05, 0.1) is 5.51 Å². The number of carbonyl (C=O) groups is 1. The van der Waals surface area contributed by atoms with E-state index >= 15 is 0 Å². The Morgan fingerprint density at radius 2 is 1.92 bits per heavy atom. The van der Waals surface area contributed by atoms with Gasteiger partial charge in [0.1, 0.15) is 5.82 Å². The van der Waals surface area contributed by atoms with Gasteiger partial charge in [0.15, 0.2) is 0 Å². The summed E-state index contributed by atoms with van der Waals surface area (Å²) >= 11 is 1.75. The van der Waals surface area contributed by atoms with Crippen molar-refractivity contribution < 1.29 is 4.79 Å². The highest BCUT2D eigenvalue weighted by atomic mass is 32.1. The van der Waals surface area contributed by atoms with Gasteiger partial charge >= 0.3 is 0 Å². The molecule has 0 aliphatic carbocycles. The monoisotopic (exact) mass is 371 g/mol. The molecule has 1 aliphatic heterocycles. The summed E-state index contributed by atoms with van der Waals surface area (Å²) < 4.78 is 0. The van der Waals surface area contributed by atoms with E-state index in [4.69, 9.17) is 0 Å². The molecule has 0 atom stereocenters. The number of aromatic nitrogens is 1. The molecule has 0 fully saturated rings. The fourth-order valence-corrected chi connectivity index (χ4v) is 4.34. The molecular formula is C21H29N3OS. The molecule has 1 amide bonds. The number of anilines is 3. The van der Waals surface area contributed by atoms with E-state index in [1.807, 2.05) is 5.51 Å². The van der Waals surface area contributed by atoms with Crippen molar-refractivity contribution >= 4 is 34.4 Å². The van der Waals surface area contributed by atoms with Crippen molar-refractivity contribution in [3.8, 4) is 0 Å². The van der Waals surface area contributed by atoms with E-state index in [0.717, 1.165) is 35.6 Å². The molecule has 1 aromatic carbocycles. The summed E-state index contributed by atoms with van der Waals surface area (Å²) in [6.07, 6.45) is 4.02. The first-order valence-corrected chi connectivity index (χ1v) is 10.2. The second-order valence-corrected chi connectivity index (χ2v) is 9.39. The summed E-state index contributed by atoms with van der Waals surface area (Å²) in [5.74, 6) is 1.18. The number of hydrogen-bond acceptors (Lipinski definition) is 4. The third-order valence-electron chi connectivity index (χ3n) is 4.70. The standard InChI is InChI=1S/C21H29N3OS/c1-14-10-16(24-9-7-6-8-17-20(24)22-13-26-17)11-15(2)19(14)23-18(25)12-21(3,4)5/h10-11,13H,6-9,12H2,1-5H3,(H,23,25). The van der Waals surface area contributed by atoms with Crippen molar-refractivity contribution in [3.63, 3.8) is 0 Å². The van der Waals surface area contributed by atoms with Crippen LogP contribution in [0.3, 0.4) is 0 Å². The molecule has 3 rings (SSSR count). The molecule has 2 aromatic rings. The lowest BCUT2D eigenvalue weighted by molar-refractivity contribution is -0.117. The molecule has 4 nitrogen and oxygen atoms in total. The minimum Gasteiger partial charge on any atom is -0.326 e. The third kappa shape index (κ3) is 4.26. The van der Waals surface area contributed by atoms with Gasteiger partial charge in [-0.25, -0.2) is 4.98 Å². The minimum absolute atomic E-state index is 0.0150. The second-order valence-electron chi connectivity index (χ2n) is 8.45. The van der Waals surface area contributed by atoms with Crippen molar-refractivity contribution in [1.82, 2.24) is 4.98 Å². The number of rotatable bonds is 3. The number of fused-ring (bicyclic) bond motifs is 1. The molecule has 0 saturated heterocycles. The highest BCUT2D eigenvalue weighted by Gasteiger charge is 2.22. The van der Waals surface area contributed by atoms with Crippen molar-refractivity contribution in [2.45, 2.75) is 60.3 Å². The first kappa shape index (κ1) is 18.9. The number of aryl methyl sites for hydroxylation is 3. The second kappa shape index (κ2) is 7.39. The Kier molecular flexibility index (Phi) is 5.37. The Hall–Kier alpha value is -1.88. The maximum atomic E-state index is 12.4. The number of amides is 1. The summed E-state index contributed by atoms with van der Waals surface area (Å²) in [5.41, 5.74) is 6.24. The molecule has 2 heterocycles. The number of thiazole rings is 1. The molecule has 140 valence electrons. The zero-order valence-corrected chi connectivity index (χ0v) is 17.3. The molecule has 1 N–H and O–H groups in total. The number of benzene rings is 1. The van der Waals surface area contributed by atoms with E-state index in [9.17, 15) is 4.79 Å². The van der Waals surface area contributed by atoms with Crippen LogP contribution >= 0.6 is 11.3 Å². The molecule has 0 unspecified atom stereocenters. The van der Waals surface area contributed by atoms with Crippen molar-refractivity contribution in [2.24, 2.45) is 5.41 Å². The highest BCUT2D eigenvalue weighted by molar-refractivity contribution is 7.10. The van der Waals surface area contributed by atoms with Gasteiger partial charge in [-0.2, -0.15) is 0 Å². The molecule has 1 aliphatic rings. The lowest BCUT2D eigenvalue weighted by atomic mass is 9.92. The zero-order valence-electron chi connectivity index (χ0n) is 16.5. The average molecular weight is 372 g/mol. The summed E-state index contributed by atoms with van der Waals surface area (Å²) in [6, 6.07) is 4.35. The lowest BCUT2D eigenvalue weighted by Gasteiger charge is -2.25. The van der Waals surface area contributed by atoms with Crippen LogP contribution in [0.1, 0.15) is 56.0 Å². The topological polar surface area (TPSA) is 45.2 Å². The minimum atomic E-state index is -0.0150. The number of carbonyl (C=O) groups excluding carboxylic acids is 1. The Labute approximate surface area is 160 Å². The van der Waals surface area contributed by atoms with Crippen molar-refractivity contribution in [2.75, 3.05) is 16.8 Å². The molecule has 5 heteroatoms. The van der Waals surface area contributed by atoms with Crippen molar-refractivity contribution in [1.29, 1.82) is 0 Å². The molecule has 0 bridgehead atoms. The summed E-state index contributed by atoms with van der Waals surface area (Å²) in [6.45, 7) is 11.4. The van der Waals surface area contributed by atoms with E-state index < -0.39 is 0 Å². The van der Waals surface area contributed by atoms with E-state index in [0.29, 0.717) is 6.42 Å². The molecule has 0 saturated carbocycles. The Bertz CT molecular complexity index is 781. The Morgan fingerprint density at radius 1 is 1.23 bits per heavy atom. The van der Waals surface area contributed by atoms with Crippen LogP contribution in [-0.2, 0) is 11.2 Å². The highest BCUT2D eigenvalue weighted by Crippen LogP contribution is 2.36.